The summed E-state index contributed by atoms with van der Waals surface area (Å²) in [6, 6.07) is 7.67. The van der Waals surface area contributed by atoms with Crippen molar-refractivity contribution in [2.45, 2.75) is 25.5 Å². The predicted octanol–water partition coefficient (Wildman–Crippen LogP) is 1.70. The van der Waals surface area contributed by atoms with E-state index in [0.29, 0.717) is 18.6 Å². The minimum absolute atomic E-state index is 0.131. The van der Waals surface area contributed by atoms with Crippen LogP contribution in [0.1, 0.15) is 12.8 Å². The molecule has 1 aromatic heterocycles. The van der Waals surface area contributed by atoms with Crippen LogP contribution < -0.4 is 11.3 Å². The van der Waals surface area contributed by atoms with Crippen molar-refractivity contribution in [3.8, 4) is 0 Å². The quantitative estimate of drug-likeness (QED) is 0.924. The van der Waals surface area contributed by atoms with Crippen molar-refractivity contribution in [1.29, 1.82) is 0 Å². The molecule has 7 heteroatoms. The standard InChI is InChI=1S/C17H20FN3O3/c18-13-3-1-12-2-4-16(22)21(15(12)11-13)10-9-20-7-5-14(6-8-20)24-17(19)23/h1-4,11,14H,5-10H2,(H2,19,23). The Morgan fingerprint density at radius 1 is 1.21 bits per heavy atom. The number of nitrogens with zero attached hydrogens (tertiary/aromatic N) is 2. The van der Waals surface area contributed by atoms with Crippen LogP contribution in [-0.4, -0.2) is 41.3 Å². The van der Waals surface area contributed by atoms with Gasteiger partial charge in [-0.25, -0.2) is 9.18 Å². The normalized spacial score (nSPS) is 16.4. The SMILES string of the molecule is NC(=O)OC1CCN(CCn2c(=O)ccc3ccc(F)cc32)CC1. The van der Waals surface area contributed by atoms with Gasteiger partial charge in [-0.15, -0.1) is 0 Å². The van der Waals surface area contributed by atoms with Gasteiger partial charge in [0.15, 0.2) is 0 Å². The maximum Gasteiger partial charge on any atom is 0.404 e. The molecule has 0 saturated carbocycles. The summed E-state index contributed by atoms with van der Waals surface area (Å²) < 4.78 is 20.1. The third-order valence-corrected chi connectivity index (χ3v) is 4.41. The van der Waals surface area contributed by atoms with Crippen LogP contribution in [0.5, 0.6) is 0 Å². The fourth-order valence-corrected chi connectivity index (χ4v) is 3.15. The third kappa shape index (κ3) is 3.73. The molecule has 2 heterocycles. The average Bonchev–Trinajstić information content (AvgIpc) is 2.55. The molecule has 2 aromatic rings. The number of ether oxygens (including phenoxy) is 1. The minimum atomic E-state index is -0.738. The highest BCUT2D eigenvalue weighted by atomic mass is 19.1. The van der Waals surface area contributed by atoms with Crippen LogP contribution in [-0.2, 0) is 11.3 Å². The van der Waals surface area contributed by atoms with Crippen LogP contribution in [0.2, 0.25) is 0 Å². The van der Waals surface area contributed by atoms with Gasteiger partial charge in [0.05, 0.1) is 5.52 Å². The van der Waals surface area contributed by atoms with Gasteiger partial charge >= 0.3 is 6.09 Å². The molecule has 1 amide bonds. The van der Waals surface area contributed by atoms with E-state index in [2.05, 4.69) is 4.90 Å². The number of amides is 1. The Bertz CT molecular complexity index is 797. The Morgan fingerprint density at radius 3 is 2.62 bits per heavy atom. The number of pyridine rings is 1. The summed E-state index contributed by atoms with van der Waals surface area (Å²) in [6.07, 6.45) is 0.579. The van der Waals surface area contributed by atoms with Gasteiger partial charge in [0, 0.05) is 32.2 Å². The Hall–Kier alpha value is -2.41. The second-order valence-electron chi connectivity index (χ2n) is 6.00. The largest absolute Gasteiger partial charge is 0.446 e. The van der Waals surface area contributed by atoms with E-state index in [-0.39, 0.29) is 17.5 Å². The minimum Gasteiger partial charge on any atom is -0.446 e. The van der Waals surface area contributed by atoms with Gasteiger partial charge in [0.25, 0.3) is 5.56 Å². The zero-order valence-electron chi connectivity index (χ0n) is 13.3. The molecule has 1 aliphatic rings. The third-order valence-electron chi connectivity index (χ3n) is 4.41. The monoisotopic (exact) mass is 333 g/mol. The first-order valence-electron chi connectivity index (χ1n) is 8.00. The predicted molar refractivity (Wildman–Crippen MR) is 88.3 cm³/mol. The summed E-state index contributed by atoms with van der Waals surface area (Å²) in [5.41, 5.74) is 5.50. The second kappa shape index (κ2) is 7.00. The highest BCUT2D eigenvalue weighted by Crippen LogP contribution is 2.16. The lowest BCUT2D eigenvalue weighted by atomic mass is 10.1. The number of likely N-dealkylation sites (tertiary alicyclic amines) is 1. The van der Waals surface area contributed by atoms with Gasteiger partial charge in [-0.05, 0) is 42.5 Å². The van der Waals surface area contributed by atoms with Gasteiger partial charge in [0.1, 0.15) is 11.9 Å². The maximum absolute atomic E-state index is 13.5. The molecule has 128 valence electrons. The molecule has 2 N–H and O–H groups in total. The zero-order chi connectivity index (χ0) is 17.1. The van der Waals surface area contributed by atoms with E-state index >= 15 is 0 Å². The van der Waals surface area contributed by atoms with Crippen LogP contribution in [0, 0.1) is 5.82 Å². The number of carbonyl (C=O) groups excluding carboxylic acids is 1. The molecule has 24 heavy (non-hydrogen) atoms. The first-order chi connectivity index (χ1) is 11.5. The van der Waals surface area contributed by atoms with E-state index < -0.39 is 6.09 Å². The lowest BCUT2D eigenvalue weighted by Gasteiger charge is -2.31. The van der Waals surface area contributed by atoms with Crippen molar-refractivity contribution in [2.24, 2.45) is 5.73 Å². The van der Waals surface area contributed by atoms with Gasteiger partial charge < -0.3 is 19.9 Å². The van der Waals surface area contributed by atoms with Crippen molar-refractivity contribution in [2.75, 3.05) is 19.6 Å². The molecule has 0 unspecified atom stereocenters. The van der Waals surface area contributed by atoms with Gasteiger partial charge in [-0.1, -0.05) is 0 Å². The molecule has 0 aliphatic carbocycles. The van der Waals surface area contributed by atoms with Crippen molar-refractivity contribution in [1.82, 2.24) is 9.47 Å². The number of carbonyl (C=O) groups is 1. The van der Waals surface area contributed by atoms with E-state index in [0.717, 1.165) is 31.3 Å². The Balaban J connectivity index is 1.66. The highest BCUT2D eigenvalue weighted by molar-refractivity contribution is 5.78. The number of hydrogen-bond acceptors (Lipinski definition) is 4. The van der Waals surface area contributed by atoms with Gasteiger partial charge in [0.2, 0.25) is 0 Å². The molecule has 1 aliphatic heterocycles. The Labute approximate surface area is 138 Å². The summed E-state index contributed by atoms with van der Waals surface area (Å²) in [7, 11) is 0. The van der Waals surface area contributed by atoms with E-state index in [9.17, 15) is 14.0 Å². The molecule has 6 nitrogen and oxygen atoms in total. The fraction of sp³-hybridized carbons (Fsp3) is 0.412. The molecule has 0 radical (unpaired) electrons. The summed E-state index contributed by atoms with van der Waals surface area (Å²) >= 11 is 0. The van der Waals surface area contributed by atoms with Crippen molar-refractivity contribution >= 4 is 17.0 Å². The smallest absolute Gasteiger partial charge is 0.404 e. The van der Waals surface area contributed by atoms with Crippen LogP contribution in [0.15, 0.2) is 35.1 Å². The molecule has 1 saturated heterocycles. The molecule has 1 fully saturated rings. The number of rotatable bonds is 4. The fourth-order valence-electron chi connectivity index (χ4n) is 3.15. The molecule has 3 rings (SSSR count). The summed E-state index contributed by atoms with van der Waals surface area (Å²) in [5, 5.41) is 0.838. The lowest BCUT2D eigenvalue weighted by Crippen LogP contribution is -2.40. The summed E-state index contributed by atoms with van der Waals surface area (Å²) in [6.45, 7) is 2.71. The van der Waals surface area contributed by atoms with E-state index in [4.69, 9.17) is 10.5 Å². The molecular formula is C17H20FN3O3. The van der Waals surface area contributed by atoms with Crippen molar-refractivity contribution in [3.63, 3.8) is 0 Å². The van der Waals surface area contributed by atoms with Crippen LogP contribution in [0.3, 0.4) is 0 Å². The van der Waals surface area contributed by atoms with Gasteiger partial charge in [-0.3, -0.25) is 4.79 Å². The number of benzene rings is 1. The van der Waals surface area contributed by atoms with E-state index in [1.807, 2.05) is 0 Å². The number of hydrogen-bond donors (Lipinski definition) is 1. The first kappa shape index (κ1) is 16.4. The van der Waals surface area contributed by atoms with Gasteiger partial charge in [-0.2, -0.15) is 0 Å². The van der Waals surface area contributed by atoms with Crippen LogP contribution in [0.25, 0.3) is 10.9 Å². The molecule has 0 atom stereocenters. The average molecular weight is 333 g/mol. The highest BCUT2D eigenvalue weighted by Gasteiger charge is 2.21. The first-order valence-corrected chi connectivity index (χ1v) is 8.00. The lowest BCUT2D eigenvalue weighted by molar-refractivity contribution is 0.0554. The molecule has 0 bridgehead atoms. The Morgan fingerprint density at radius 2 is 1.92 bits per heavy atom. The molecule has 0 spiro atoms. The van der Waals surface area contributed by atoms with Crippen molar-refractivity contribution in [3.05, 3.63) is 46.5 Å². The Kier molecular flexibility index (Phi) is 4.80. The topological polar surface area (TPSA) is 77.6 Å². The number of halogens is 1. The van der Waals surface area contributed by atoms with E-state index in [1.54, 1.807) is 16.7 Å². The molecular weight excluding hydrogens is 313 g/mol. The summed E-state index contributed by atoms with van der Waals surface area (Å²) in [5.74, 6) is -0.355. The van der Waals surface area contributed by atoms with Crippen LogP contribution in [0.4, 0.5) is 9.18 Å². The number of aromatic nitrogens is 1. The van der Waals surface area contributed by atoms with Crippen LogP contribution >= 0.6 is 0 Å². The number of fused-ring (bicyclic) bond motifs is 1. The zero-order valence-corrected chi connectivity index (χ0v) is 13.3. The maximum atomic E-state index is 13.5. The molecule has 1 aromatic carbocycles. The van der Waals surface area contributed by atoms with E-state index in [1.165, 1.54) is 18.2 Å². The summed E-state index contributed by atoms with van der Waals surface area (Å²) in [4.78, 5) is 25.1. The number of primary amides is 1. The second-order valence-corrected chi connectivity index (χ2v) is 6.00. The number of nitrogens with two attached hydrogens (primary N) is 1. The number of piperidine rings is 1. The van der Waals surface area contributed by atoms with Crippen molar-refractivity contribution < 1.29 is 13.9 Å².